The van der Waals surface area contributed by atoms with Gasteiger partial charge in [0.1, 0.15) is 5.75 Å². The van der Waals surface area contributed by atoms with Crippen molar-refractivity contribution < 1.29 is 9.90 Å². The average Bonchev–Trinajstić information content (AvgIpc) is 2.78. The van der Waals surface area contributed by atoms with Crippen LogP contribution in [0, 0.1) is 12.3 Å². The maximum atomic E-state index is 11.8. The van der Waals surface area contributed by atoms with Gasteiger partial charge in [0, 0.05) is 11.6 Å². The monoisotopic (exact) mass is 219 g/mol. The smallest absolute Gasteiger partial charge is 0.251 e. The summed E-state index contributed by atoms with van der Waals surface area (Å²) in [5, 5.41) is 12.5. The second kappa shape index (κ2) is 3.51. The van der Waals surface area contributed by atoms with Gasteiger partial charge in [0.05, 0.1) is 0 Å². The van der Waals surface area contributed by atoms with Crippen LogP contribution in [0.3, 0.4) is 0 Å². The van der Waals surface area contributed by atoms with Gasteiger partial charge in [0.15, 0.2) is 0 Å². The highest BCUT2D eigenvalue weighted by Crippen LogP contribution is 2.44. The fourth-order valence-electron chi connectivity index (χ4n) is 1.71. The molecule has 1 unspecified atom stereocenters. The van der Waals surface area contributed by atoms with E-state index in [2.05, 4.69) is 19.2 Å². The fraction of sp³-hybridized carbons (Fsp3) is 0.462. The van der Waals surface area contributed by atoms with Crippen molar-refractivity contribution in [3.63, 3.8) is 0 Å². The van der Waals surface area contributed by atoms with Gasteiger partial charge in [0.2, 0.25) is 0 Å². The number of phenols is 1. The predicted octanol–water partition coefficient (Wildman–Crippen LogP) is 2.23. The van der Waals surface area contributed by atoms with E-state index in [1.807, 2.05) is 0 Å². The first-order valence-electron chi connectivity index (χ1n) is 5.50. The first-order valence-corrected chi connectivity index (χ1v) is 5.50. The van der Waals surface area contributed by atoms with Crippen molar-refractivity contribution in [2.45, 2.75) is 33.2 Å². The molecule has 1 aliphatic rings. The molecule has 2 rings (SSSR count). The van der Waals surface area contributed by atoms with Crippen molar-refractivity contribution in [3.8, 4) is 5.75 Å². The van der Waals surface area contributed by atoms with Crippen molar-refractivity contribution in [2.75, 3.05) is 0 Å². The van der Waals surface area contributed by atoms with E-state index >= 15 is 0 Å². The number of hydrogen-bond donors (Lipinski definition) is 2. The van der Waals surface area contributed by atoms with Crippen LogP contribution in [0.2, 0.25) is 0 Å². The van der Waals surface area contributed by atoms with Crippen molar-refractivity contribution in [2.24, 2.45) is 5.41 Å². The maximum Gasteiger partial charge on any atom is 0.251 e. The van der Waals surface area contributed by atoms with Gasteiger partial charge in [-0.2, -0.15) is 0 Å². The molecule has 3 heteroatoms. The number of hydrogen-bond acceptors (Lipinski definition) is 2. The quantitative estimate of drug-likeness (QED) is 0.801. The van der Waals surface area contributed by atoms with E-state index in [9.17, 15) is 9.90 Å². The van der Waals surface area contributed by atoms with Crippen LogP contribution in [0.15, 0.2) is 18.2 Å². The summed E-state index contributed by atoms with van der Waals surface area (Å²) in [5.41, 5.74) is 1.52. The first-order chi connectivity index (χ1) is 7.40. The highest BCUT2D eigenvalue weighted by atomic mass is 16.3. The zero-order chi connectivity index (χ0) is 11.9. The minimum Gasteiger partial charge on any atom is -0.508 e. The van der Waals surface area contributed by atoms with Gasteiger partial charge in [0.25, 0.3) is 5.91 Å². The fourth-order valence-corrected chi connectivity index (χ4v) is 1.71. The molecule has 0 radical (unpaired) electrons. The Kier molecular flexibility index (Phi) is 2.41. The summed E-state index contributed by atoms with van der Waals surface area (Å²) >= 11 is 0. The Bertz CT molecular complexity index is 438. The number of carbonyl (C=O) groups is 1. The van der Waals surface area contributed by atoms with Crippen LogP contribution in [0.25, 0.3) is 0 Å². The first kappa shape index (κ1) is 11.0. The third-order valence-corrected chi connectivity index (χ3v) is 3.29. The van der Waals surface area contributed by atoms with E-state index in [1.165, 1.54) is 6.07 Å². The van der Waals surface area contributed by atoms with Crippen molar-refractivity contribution in [3.05, 3.63) is 29.3 Å². The molecule has 1 aromatic rings. The minimum atomic E-state index is -0.106. The number of benzene rings is 1. The molecule has 0 aromatic heterocycles. The van der Waals surface area contributed by atoms with E-state index in [0.29, 0.717) is 5.56 Å². The van der Waals surface area contributed by atoms with Crippen molar-refractivity contribution >= 4 is 5.91 Å². The zero-order valence-corrected chi connectivity index (χ0v) is 9.87. The average molecular weight is 219 g/mol. The number of carbonyl (C=O) groups excluding carboxylic acids is 1. The molecule has 0 spiro atoms. The molecule has 16 heavy (non-hydrogen) atoms. The van der Waals surface area contributed by atoms with Crippen LogP contribution >= 0.6 is 0 Å². The van der Waals surface area contributed by atoms with E-state index in [1.54, 1.807) is 19.1 Å². The van der Waals surface area contributed by atoms with Gasteiger partial charge in [-0.1, -0.05) is 19.9 Å². The molecular formula is C13H17NO2. The summed E-state index contributed by atoms with van der Waals surface area (Å²) < 4.78 is 0. The summed E-state index contributed by atoms with van der Waals surface area (Å²) in [6, 6.07) is 5.27. The third-order valence-electron chi connectivity index (χ3n) is 3.29. The Hall–Kier alpha value is -1.51. The van der Waals surface area contributed by atoms with Crippen LogP contribution in [0.5, 0.6) is 5.75 Å². The van der Waals surface area contributed by atoms with E-state index in [4.69, 9.17) is 0 Å². The Morgan fingerprint density at radius 1 is 1.50 bits per heavy atom. The normalized spacial score (nSPS) is 21.6. The van der Waals surface area contributed by atoms with Gasteiger partial charge in [-0.15, -0.1) is 0 Å². The van der Waals surface area contributed by atoms with Gasteiger partial charge in [-0.25, -0.2) is 0 Å². The highest BCUT2D eigenvalue weighted by molar-refractivity contribution is 5.95. The van der Waals surface area contributed by atoms with Crippen LogP contribution in [-0.2, 0) is 0 Å². The maximum absolute atomic E-state index is 11.8. The molecule has 0 heterocycles. The number of amides is 1. The van der Waals surface area contributed by atoms with Crippen molar-refractivity contribution in [1.29, 1.82) is 0 Å². The van der Waals surface area contributed by atoms with Crippen LogP contribution in [0.1, 0.15) is 36.2 Å². The van der Waals surface area contributed by atoms with E-state index in [0.717, 1.165) is 12.0 Å². The number of phenolic OH excluding ortho intramolecular Hbond substituents is 1. The van der Waals surface area contributed by atoms with E-state index < -0.39 is 0 Å². The van der Waals surface area contributed by atoms with Gasteiger partial charge in [-0.3, -0.25) is 4.79 Å². The molecule has 0 bridgehead atoms. The van der Waals surface area contributed by atoms with Gasteiger partial charge >= 0.3 is 0 Å². The minimum absolute atomic E-state index is 0.106. The molecule has 1 amide bonds. The number of rotatable bonds is 2. The molecule has 0 aliphatic heterocycles. The summed E-state index contributed by atoms with van der Waals surface area (Å²) in [6.07, 6.45) is 1.02. The summed E-state index contributed by atoms with van der Waals surface area (Å²) in [7, 11) is 0. The molecule has 86 valence electrons. The number of aromatic hydroxyl groups is 1. The Morgan fingerprint density at radius 2 is 2.12 bits per heavy atom. The lowest BCUT2D eigenvalue weighted by Gasteiger charge is -2.07. The number of aryl methyl sites for hydroxylation is 1. The SMILES string of the molecule is Cc1ccc(C(=O)NC2CC2(C)C)cc1O. The molecule has 1 fully saturated rings. The van der Waals surface area contributed by atoms with E-state index in [-0.39, 0.29) is 23.1 Å². The Balaban J connectivity index is 2.07. The summed E-state index contributed by atoms with van der Waals surface area (Å²) in [4.78, 5) is 11.8. The molecule has 0 saturated heterocycles. The molecule has 2 N–H and O–H groups in total. The lowest BCUT2D eigenvalue weighted by Crippen LogP contribution is -2.28. The lowest BCUT2D eigenvalue weighted by atomic mass is 10.1. The molecule has 1 aromatic carbocycles. The molecule has 3 nitrogen and oxygen atoms in total. The second-order valence-corrected chi connectivity index (χ2v) is 5.22. The number of nitrogens with one attached hydrogen (secondary N) is 1. The predicted molar refractivity (Wildman–Crippen MR) is 62.5 cm³/mol. The highest BCUT2D eigenvalue weighted by Gasteiger charge is 2.46. The third kappa shape index (κ3) is 2.03. The van der Waals surface area contributed by atoms with Crippen LogP contribution in [0.4, 0.5) is 0 Å². The van der Waals surface area contributed by atoms with Crippen LogP contribution < -0.4 is 5.32 Å². The molecule has 1 saturated carbocycles. The standard InChI is InChI=1S/C13H17NO2/c1-8-4-5-9(6-10(8)15)12(16)14-11-7-13(11,2)3/h4-6,11,15H,7H2,1-3H3,(H,14,16). The molecular weight excluding hydrogens is 202 g/mol. The zero-order valence-electron chi connectivity index (χ0n) is 9.87. The Morgan fingerprint density at radius 3 is 2.62 bits per heavy atom. The largest absolute Gasteiger partial charge is 0.508 e. The van der Waals surface area contributed by atoms with Crippen molar-refractivity contribution in [1.82, 2.24) is 5.32 Å². The van der Waals surface area contributed by atoms with Gasteiger partial charge < -0.3 is 10.4 Å². The van der Waals surface area contributed by atoms with Gasteiger partial charge in [-0.05, 0) is 36.5 Å². The Labute approximate surface area is 95.5 Å². The second-order valence-electron chi connectivity index (χ2n) is 5.22. The topological polar surface area (TPSA) is 49.3 Å². The summed E-state index contributed by atoms with van der Waals surface area (Å²) in [6.45, 7) is 6.07. The molecule has 1 aliphatic carbocycles. The summed E-state index contributed by atoms with van der Waals surface area (Å²) in [5.74, 6) is 0.0635. The lowest BCUT2D eigenvalue weighted by molar-refractivity contribution is 0.0946. The molecule has 1 atom stereocenters. The van der Waals surface area contributed by atoms with Crippen LogP contribution in [-0.4, -0.2) is 17.1 Å².